The molecular weight excluding hydrogens is 374 g/mol. The van der Waals surface area contributed by atoms with E-state index in [9.17, 15) is 9.59 Å². The summed E-state index contributed by atoms with van der Waals surface area (Å²) < 4.78 is 16.3. The normalized spacial score (nSPS) is 14.1. The van der Waals surface area contributed by atoms with E-state index in [-0.39, 0.29) is 18.2 Å². The lowest BCUT2D eigenvalue weighted by Gasteiger charge is -2.26. The van der Waals surface area contributed by atoms with Crippen molar-refractivity contribution in [2.75, 3.05) is 13.7 Å². The van der Waals surface area contributed by atoms with E-state index in [2.05, 4.69) is 10.2 Å². The number of ether oxygens (including phenoxy) is 2. The van der Waals surface area contributed by atoms with E-state index >= 15 is 0 Å². The highest BCUT2D eigenvalue weighted by atomic mass is 16.5. The zero-order valence-electron chi connectivity index (χ0n) is 16.0. The van der Waals surface area contributed by atoms with Crippen molar-refractivity contribution >= 4 is 11.8 Å². The fraction of sp³-hybridized carbons (Fsp3) is 0.238. The van der Waals surface area contributed by atoms with Gasteiger partial charge in [0.05, 0.1) is 37.3 Å². The fourth-order valence-corrected chi connectivity index (χ4v) is 3.47. The lowest BCUT2D eigenvalue weighted by atomic mass is 10.0. The predicted octanol–water partition coefficient (Wildman–Crippen LogP) is 3.06. The van der Waals surface area contributed by atoms with Crippen molar-refractivity contribution < 1.29 is 23.5 Å². The van der Waals surface area contributed by atoms with E-state index < -0.39 is 6.04 Å². The second-order valence-electron chi connectivity index (χ2n) is 6.42. The summed E-state index contributed by atoms with van der Waals surface area (Å²) >= 11 is 0. The first kappa shape index (κ1) is 18.7. The molecule has 29 heavy (non-hydrogen) atoms. The second kappa shape index (κ2) is 7.75. The van der Waals surface area contributed by atoms with Crippen LogP contribution < -0.4 is 9.47 Å². The number of carbonyl (C=O) groups excluding carboxylic acids is 2. The first-order valence-corrected chi connectivity index (χ1v) is 9.16. The first-order valence-electron chi connectivity index (χ1n) is 9.16. The van der Waals surface area contributed by atoms with Gasteiger partial charge in [-0.2, -0.15) is 0 Å². The second-order valence-corrected chi connectivity index (χ2v) is 6.42. The molecule has 0 bridgehead atoms. The van der Waals surface area contributed by atoms with Crippen LogP contribution in [-0.2, 0) is 6.42 Å². The lowest BCUT2D eigenvalue weighted by Crippen LogP contribution is -2.35. The minimum atomic E-state index is -0.645. The van der Waals surface area contributed by atoms with Gasteiger partial charge in [-0.05, 0) is 36.8 Å². The quantitative estimate of drug-likeness (QED) is 0.569. The monoisotopic (exact) mass is 393 g/mol. The molecule has 0 N–H and O–H groups in total. The van der Waals surface area contributed by atoms with Gasteiger partial charge >= 0.3 is 0 Å². The number of carbonyl (C=O) groups is 2. The maximum absolute atomic E-state index is 13.1. The van der Waals surface area contributed by atoms with Crippen LogP contribution in [0.5, 0.6) is 11.5 Å². The van der Waals surface area contributed by atoms with Crippen LogP contribution >= 0.6 is 0 Å². The summed E-state index contributed by atoms with van der Waals surface area (Å²) in [7, 11) is 1.55. The number of hydrogen-bond acceptors (Lipinski definition) is 7. The Morgan fingerprint density at radius 2 is 1.79 bits per heavy atom. The highest BCUT2D eigenvalue weighted by Crippen LogP contribution is 2.37. The summed E-state index contributed by atoms with van der Waals surface area (Å²) in [5.41, 5.74) is 1.46. The number of aromatic nitrogens is 2. The number of rotatable bonds is 7. The molecule has 2 heterocycles. The Labute approximate surface area is 167 Å². The Kier molecular flexibility index (Phi) is 4.99. The summed E-state index contributed by atoms with van der Waals surface area (Å²) in [6.45, 7) is 2.31. The molecule has 0 fully saturated rings. The van der Waals surface area contributed by atoms with Gasteiger partial charge in [0.15, 0.2) is 11.5 Å². The standard InChI is InChI=1S/C21H19N3O5/c1-3-28-18-10-13(8-9-17(18)27-2)16(11-19-23-22-12-29-19)24-20(25)14-6-4-5-7-15(14)21(24)26/h4-10,12,16H,3,11H2,1-2H3/t16-/m1/s1. The molecule has 1 aromatic heterocycles. The number of hydrogen-bond donors (Lipinski definition) is 0. The average molecular weight is 393 g/mol. The third kappa shape index (κ3) is 3.33. The molecule has 148 valence electrons. The third-order valence-corrected chi connectivity index (χ3v) is 4.78. The Bertz CT molecular complexity index is 1010. The van der Waals surface area contributed by atoms with Crippen molar-refractivity contribution in [2.45, 2.75) is 19.4 Å². The van der Waals surface area contributed by atoms with E-state index in [1.165, 1.54) is 11.3 Å². The van der Waals surface area contributed by atoms with Crippen LogP contribution in [-0.4, -0.2) is 40.6 Å². The molecule has 0 saturated heterocycles. The van der Waals surface area contributed by atoms with Gasteiger partial charge in [0.1, 0.15) is 0 Å². The molecule has 8 heteroatoms. The molecule has 4 rings (SSSR count). The van der Waals surface area contributed by atoms with Crippen molar-refractivity contribution in [2.24, 2.45) is 0 Å². The van der Waals surface area contributed by atoms with Crippen LogP contribution in [0.1, 0.15) is 45.1 Å². The fourth-order valence-electron chi connectivity index (χ4n) is 3.47. The maximum Gasteiger partial charge on any atom is 0.262 e. The maximum atomic E-state index is 13.1. The van der Waals surface area contributed by atoms with Crippen LogP contribution in [0.3, 0.4) is 0 Å². The van der Waals surface area contributed by atoms with Crippen molar-refractivity contribution in [3.63, 3.8) is 0 Å². The molecule has 0 spiro atoms. The molecule has 0 radical (unpaired) electrons. The zero-order chi connectivity index (χ0) is 20.4. The summed E-state index contributed by atoms with van der Waals surface area (Å²) in [4.78, 5) is 27.4. The molecule has 2 aromatic carbocycles. The molecule has 1 atom stereocenters. The van der Waals surface area contributed by atoms with Gasteiger partial charge in [0.2, 0.25) is 12.3 Å². The molecule has 2 amide bonds. The highest BCUT2D eigenvalue weighted by Gasteiger charge is 2.41. The van der Waals surface area contributed by atoms with Crippen LogP contribution in [0, 0.1) is 0 Å². The molecular formula is C21H19N3O5. The average Bonchev–Trinajstić information content (AvgIpc) is 3.34. The number of fused-ring (bicyclic) bond motifs is 1. The van der Waals surface area contributed by atoms with Crippen molar-refractivity contribution in [3.8, 4) is 11.5 Å². The third-order valence-electron chi connectivity index (χ3n) is 4.78. The highest BCUT2D eigenvalue weighted by molar-refractivity contribution is 6.21. The minimum Gasteiger partial charge on any atom is -0.493 e. The van der Waals surface area contributed by atoms with Gasteiger partial charge in [-0.3, -0.25) is 14.5 Å². The Morgan fingerprint density at radius 3 is 2.38 bits per heavy atom. The number of methoxy groups -OCH3 is 1. The molecule has 0 aliphatic carbocycles. The van der Waals surface area contributed by atoms with E-state index in [4.69, 9.17) is 13.9 Å². The van der Waals surface area contributed by atoms with E-state index in [0.717, 1.165) is 0 Å². The molecule has 1 aliphatic heterocycles. The number of nitrogens with zero attached hydrogens (tertiary/aromatic N) is 3. The van der Waals surface area contributed by atoms with Gasteiger partial charge < -0.3 is 13.9 Å². The van der Waals surface area contributed by atoms with Crippen LogP contribution in [0.4, 0.5) is 0 Å². The van der Waals surface area contributed by atoms with E-state index in [0.29, 0.717) is 40.7 Å². The van der Waals surface area contributed by atoms with Crippen LogP contribution in [0.2, 0.25) is 0 Å². The molecule has 8 nitrogen and oxygen atoms in total. The van der Waals surface area contributed by atoms with Gasteiger partial charge in [0, 0.05) is 0 Å². The van der Waals surface area contributed by atoms with Gasteiger partial charge in [-0.1, -0.05) is 18.2 Å². The molecule has 0 saturated carbocycles. The van der Waals surface area contributed by atoms with Crippen molar-refractivity contribution in [1.29, 1.82) is 0 Å². The summed E-state index contributed by atoms with van der Waals surface area (Å²) in [5.74, 6) is 0.697. The first-order chi connectivity index (χ1) is 14.1. The number of amides is 2. The Hall–Kier alpha value is -3.68. The predicted molar refractivity (Wildman–Crippen MR) is 102 cm³/mol. The Balaban J connectivity index is 1.78. The van der Waals surface area contributed by atoms with Crippen LogP contribution in [0.25, 0.3) is 0 Å². The topological polar surface area (TPSA) is 94.8 Å². The zero-order valence-corrected chi connectivity index (χ0v) is 16.0. The molecule has 0 unspecified atom stereocenters. The largest absolute Gasteiger partial charge is 0.493 e. The van der Waals surface area contributed by atoms with Gasteiger partial charge in [-0.15, -0.1) is 10.2 Å². The smallest absolute Gasteiger partial charge is 0.262 e. The summed E-state index contributed by atoms with van der Waals surface area (Å²) in [6, 6.07) is 11.5. The number of imide groups is 1. The lowest BCUT2D eigenvalue weighted by molar-refractivity contribution is 0.0576. The molecule has 3 aromatic rings. The summed E-state index contributed by atoms with van der Waals surface area (Å²) in [5, 5.41) is 7.62. The van der Waals surface area contributed by atoms with Crippen LogP contribution in [0.15, 0.2) is 53.3 Å². The van der Waals surface area contributed by atoms with E-state index in [1.807, 2.05) is 6.92 Å². The molecule has 1 aliphatic rings. The van der Waals surface area contributed by atoms with Crippen molar-refractivity contribution in [1.82, 2.24) is 15.1 Å². The minimum absolute atomic E-state index is 0.184. The summed E-state index contributed by atoms with van der Waals surface area (Å²) in [6.07, 6.45) is 1.40. The van der Waals surface area contributed by atoms with Gasteiger partial charge in [0.25, 0.3) is 11.8 Å². The van der Waals surface area contributed by atoms with E-state index in [1.54, 1.807) is 49.6 Å². The van der Waals surface area contributed by atoms with Crippen molar-refractivity contribution in [3.05, 3.63) is 71.4 Å². The SMILES string of the molecule is CCOc1cc([C@@H](Cc2nnco2)N2C(=O)c3ccccc3C2=O)ccc1OC. The number of benzene rings is 2. The van der Waals surface area contributed by atoms with Gasteiger partial charge in [-0.25, -0.2) is 0 Å². The Morgan fingerprint density at radius 1 is 1.07 bits per heavy atom.